The fraction of sp³-hybridized carbons (Fsp3) is 0.600. The third kappa shape index (κ3) is 5.32. The molecule has 2 nitrogen and oxygen atoms in total. The van der Waals surface area contributed by atoms with Crippen molar-refractivity contribution in [2.45, 2.75) is 49.8 Å². The van der Waals surface area contributed by atoms with Gasteiger partial charge in [-0.15, -0.1) is 11.8 Å². The van der Waals surface area contributed by atoms with Crippen LogP contribution < -0.4 is 10.1 Å². The molecule has 0 radical (unpaired) electrons. The Balaban J connectivity index is 2.46. The molecule has 1 atom stereocenters. The lowest BCUT2D eigenvalue weighted by molar-refractivity contribution is 0.379. The molecule has 0 saturated carbocycles. The van der Waals surface area contributed by atoms with Gasteiger partial charge in [0, 0.05) is 22.2 Å². The first-order valence-electron chi connectivity index (χ1n) is 6.52. The first-order chi connectivity index (χ1) is 8.46. The predicted molar refractivity (Wildman–Crippen MR) is 80.7 cm³/mol. The summed E-state index contributed by atoms with van der Waals surface area (Å²) in [5.41, 5.74) is 0.225. The van der Waals surface area contributed by atoms with E-state index in [4.69, 9.17) is 4.74 Å². The molecular weight excluding hydrogens is 242 g/mol. The van der Waals surface area contributed by atoms with E-state index in [1.807, 2.05) is 23.9 Å². The van der Waals surface area contributed by atoms with Gasteiger partial charge in [0.15, 0.2) is 0 Å². The molecule has 0 fully saturated rings. The first-order valence-corrected chi connectivity index (χ1v) is 7.40. The van der Waals surface area contributed by atoms with Crippen LogP contribution in [0.5, 0.6) is 5.75 Å². The maximum absolute atomic E-state index is 5.24. The normalized spacial score (nSPS) is 13.4. The predicted octanol–water partition coefficient (Wildman–Crippen LogP) is 3.95. The second-order valence-corrected chi connectivity index (χ2v) is 6.74. The van der Waals surface area contributed by atoms with Crippen LogP contribution in [0.3, 0.4) is 0 Å². The summed E-state index contributed by atoms with van der Waals surface area (Å²) in [5.74, 6) is 0.925. The fourth-order valence-electron chi connectivity index (χ4n) is 1.49. The second-order valence-electron chi connectivity index (χ2n) is 5.23. The molecule has 1 unspecified atom stereocenters. The Hall–Kier alpha value is -0.670. The topological polar surface area (TPSA) is 21.3 Å². The number of ether oxygens (including phenoxy) is 1. The average molecular weight is 267 g/mol. The molecule has 1 rings (SSSR count). The quantitative estimate of drug-likeness (QED) is 0.756. The number of hydrogen-bond donors (Lipinski definition) is 1. The van der Waals surface area contributed by atoms with Gasteiger partial charge in [0.1, 0.15) is 5.75 Å². The van der Waals surface area contributed by atoms with Crippen molar-refractivity contribution < 1.29 is 4.74 Å². The van der Waals surface area contributed by atoms with E-state index >= 15 is 0 Å². The van der Waals surface area contributed by atoms with Gasteiger partial charge >= 0.3 is 0 Å². The van der Waals surface area contributed by atoms with E-state index in [1.54, 1.807) is 7.11 Å². The van der Waals surface area contributed by atoms with Gasteiger partial charge in [-0.2, -0.15) is 0 Å². The molecule has 18 heavy (non-hydrogen) atoms. The number of hydrogen-bond acceptors (Lipinski definition) is 3. The molecule has 1 aromatic carbocycles. The highest BCUT2D eigenvalue weighted by molar-refractivity contribution is 8.00. The molecule has 0 bridgehead atoms. The van der Waals surface area contributed by atoms with Crippen molar-refractivity contribution in [1.29, 1.82) is 0 Å². The Morgan fingerprint density at radius 3 is 2.72 bits per heavy atom. The molecule has 102 valence electrons. The van der Waals surface area contributed by atoms with Crippen molar-refractivity contribution >= 4 is 11.8 Å². The SMILES string of the molecule is CCC(C)(C)NCC(C)Sc1cccc(OC)c1. The van der Waals surface area contributed by atoms with Gasteiger partial charge in [0.25, 0.3) is 0 Å². The van der Waals surface area contributed by atoms with Crippen molar-refractivity contribution in [1.82, 2.24) is 5.32 Å². The number of nitrogens with one attached hydrogen (secondary N) is 1. The summed E-state index contributed by atoms with van der Waals surface area (Å²) in [6, 6.07) is 8.24. The largest absolute Gasteiger partial charge is 0.497 e. The first kappa shape index (κ1) is 15.4. The molecule has 1 aromatic rings. The number of benzene rings is 1. The maximum atomic E-state index is 5.24. The Morgan fingerprint density at radius 2 is 2.11 bits per heavy atom. The smallest absolute Gasteiger partial charge is 0.119 e. The van der Waals surface area contributed by atoms with Gasteiger partial charge in [-0.25, -0.2) is 0 Å². The summed E-state index contributed by atoms with van der Waals surface area (Å²) in [6.07, 6.45) is 1.14. The zero-order chi connectivity index (χ0) is 13.6. The van der Waals surface area contributed by atoms with Crippen LogP contribution in [0.1, 0.15) is 34.1 Å². The van der Waals surface area contributed by atoms with E-state index in [-0.39, 0.29) is 5.54 Å². The third-order valence-electron chi connectivity index (χ3n) is 3.13. The van der Waals surface area contributed by atoms with Gasteiger partial charge in [-0.1, -0.05) is 19.9 Å². The van der Waals surface area contributed by atoms with Crippen molar-refractivity contribution in [3.05, 3.63) is 24.3 Å². The zero-order valence-electron chi connectivity index (χ0n) is 12.1. The van der Waals surface area contributed by atoms with Crippen LogP contribution in [0.4, 0.5) is 0 Å². The van der Waals surface area contributed by atoms with Crippen molar-refractivity contribution in [3.8, 4) is 5.75 Å². The Bertz CT molecular complexity index is 365. The number of thioether (sulfide) groups is 1. The van der Waals surface area contributed by atoms with Crippen molar-refractivity contribution in [2.24, 2.45) is 0 Å². The third-order valence-corrected chi connectivity index (χ3v) is 4.23. The van der Waals surface area contributed by atoms with Crippen LogP contribution >= 0.6 is 11.8 Å². The van der Waals surface area contributed by atoms with Crippen LogP contribution in [0, 0.1) is 0 Å². The van der Waals surface area contributed by atoms with E-state index < -0.39 is 0 Å². The highest BCUT2D eigenvalue weighted by atomic mass is 32.2. The van der Waals surface area contributed by atoms with Crippen LogP contribution in [0.15, 0.2) is 29.2 Å². The molecule has 0 spiro atoms. The fourth-order valence-corrected chi connectivity index (χ4v) is 2.47. The van der Waals surface area contributed by atoms with Gasteiger partial charge < -0.3 is 10.1 Å². The van der Waals surface area contributed by atoms with Gasteiger partial charge in [0.05, 0.1) is 7.11 Å². The molecule has 0 heterocycles. The van der Waals surface area contributed by atoms with Gasteiger partial charge in [-0.3, -0.25) is 0 Å². The van der Waals surface area contributed by atoms with Gasteiger partial charge in [-0.05, 0) is 38.5 Å². The van der Waals surface area contributed by atoms with Crippen molar-refractivity contribution in [3.63, 3.8) is 0 Å². The Morgan fingerprint density at radius 1 is 1.39 bits per heavy atom. The minimum absolute atomic E-state index is 0.225. The molecule has 0 amide bonds. The van der Waals surface area contributed by atoms with E-state index in [0.717, 1.165) is 18.7 Å². The summed E-state index contributed by atoms with van der Waals surface area (Å²) in [5, 5.41) is 4.15. The lowest BCUT2D eigenvalue weighted by Gasteiger charge is -2.26. The van der Waals surface area contributed by atoms with Crippen molar-refractivity contribution in [2.75, 3.05) is 13.7 Å². The maximum Gasteiger partial charge on any atom is 0.119 e. The Labute approximate surface area is 116 Å². The summed E-state index contributed by atoms with van der Waals surface area (Å²) in [7, 11) is 1.71. The minimum atomic E-state index is 0.225. The second kappa shape index (κ2) is 7.05. The minimum Gasteiger partial charge on any atom is -0.497 e. The monoisotopic (exact) mass is 267 g/mol. The number of methoxy groups -OCH3 is 1. The average Bonchev–Trinajstić information content (AvgIpc) is 2.37. The molecule has 0 saturated heterocycles. The molecule has 3 heteroatoms. The summed E-state index contributed by atoms with van der Waals surface area (Å²) < 4.78 is 5.24. The van der Waals surface area contributed by atoms with Gasteiger partial charge in [0.2, 0.25) is 0 Å². The van der Waals surface area contributed by atoms with E-state index in [9.17, 15) is 0 Å². The zero-order valence-corrected chi connectivity index (χ0v) is 12.9. The number of rotatable bonds is 7. The Kier molecular flexibility index (Phi) is 6.03. The summed E-state index contributed by atoms with van der Waals surface area (Å²) in [6.45, 7) is 9.98. The van der Waals surface area contributed by atoms with Crippen LogP contribution in [0.2, 0.25) is 0 Å². The highest BCUT2D eigenvalue weighted by Gasteiger charge is 2.15. The summed E-state index contributed by atoms with van der Waals surface area (Å²) in [4.78, 5) is 1.26. The standard InChI is InChI=1S/C15H25NOS/c1-6-15(3,4)16-11-12(2)18-14-9-7-8-13(10-14)17-5/h7-10,12,16H,6,11H2,1-5H3. The summed E-state index contributed by atoms with van der Waals surface area (Å²) >= 11 is 1.88. The molecule has 0 aliphatic heterocycles. The van der Waals surface area contributed by atoms with Crippen LogP contribution in [-0.2, 0) is 0 Å². The van der Waals surface area contributed by atoms with Crippen LogP contribution in [0.25, 0.3) is 0 Å². The highest BCUT2D eigenvalue weighted by Crippen LogP contribution is 2.26. The molecule has 0 aromatic heterocycles. The molecule has 0 aliphatic rings. The lowest BCUT2D eigenvalue weighted by Crippen LogP contribution is -2.41. The van der Waals surface area contributed by atoms with E-state index in [0.29, 0.717) is 5.25 Å². The van der Waals surface area contributed by atoms with Crippen LogP contribution in [-0.4, -0.2) is 24.4 Å². The van der Waals surface area contributed by atoms with E-state index in [1.165, 1.54) is 4.90 Å². The molecule has 0 aliphatic carbocycles. The lowest BCUT2D eigenvalue weighted by atomic mass is 10.0. The molecule has 1 N–H and O–H groups in total. The van der Waals surface area contributed by atoms with E-state index in [2.05, 4.69) is 45.1 Å². The molecular formula is C15H25NOS.